The van der Waals surface area contributed by atoms with E-state index in [0.29, 0.717) is 0 Å². The van der Waals surface area contributed by atoms with Crippen molar-refractivity contribution in [2.45, 2.75) is 6.92 Å². The molecule has 0 aliphatic carbocycles. The molecule has 0 saturated heterocycles. The van der Waals surface area contributed by atoms with Crippen LogP contribution in [0.2, 0.25) is 0 Å². The van der Waals surface area contributed by atoms with E-state index in [0.717, 1.165) is 6.08 Å². The third-order valence-corrected chi connectivity index (χ3v) is 1.89. The van der Waals surface area contributed by atoms with Crippen LogP contribution in [0.15, 0.2) is 17.7 Å². The van der Waals surface area contributed by atoms with Gasteiger partial charge in [-0.2, -0.15) is 8.78 Å². The summed E-state index contributed by atoms with van der Waals surface area (Å²) in [7, 11) is 0. The Morgan fingerprint density at radius 3 is 2.22 bits per heavy atom. The maximum Gasteiger partial charge on any atom is 0.328 e. The molecule has 0 fully saturated rings. The molecule has 0 spiro atoms. The average Bonchev–Trinajstić information content (AvgIpc) is 2.25. The van der Waals surface area contributed by atoms with E-state index >= 15 is 0 Å². The molecular weight excluding hydrogens is 256 g/mol. The van der Waals surface area contributed by atoms with Crippen molar-refractivity contribution in [2.24, 2.45) is 0 Å². The zero-order chi connectivity index (χ0) is 13.9. The lowest BCUT2D eigenvalue weighted by Crippen LogP contribution is -2.07. The maximum atomic E-state index is 13.1. The first kappa shape index (κ1) is 14.0. The second-order valence-corrected chi connectivity index (χ2v) is 3.41. The van der Waals surface area contributed by atoms with E-state index < -0.39 is 41.6 Å². The summed E-state index contributed by atoms with van der Waals surface area (Å²) in [5.74, 6) is -9.02. The van der Waals surface area contributed by atoms with Gasteiger partial charge in [0.2, 0.25) is 11.6 Å². The Labute approximate surface area is 99.3 Å². The first-order valence-corrected chi connectivity index (χ1v) is 4.68. The van der Waals surface area contributed by atoms with Crippen LogP contribution in [-0.4, -0.2) is 17.7 Å². The summed E-state index contributed by atoms with van der Waals surface area (Å²) in [6.45, 7) is 0.808. The highest BCUT2D eigenvalue weighted by atomic mass is 19.2. The second-order valence-electron chi connectivity index (χ2n) is 3.41. The Hall–Kier alpha value is -2.05. The first-order valence-electron chi connectivity index (χ1n) is 4.68. The molecule has 0 aliphatic heterocycles. The van der Waals surface area contributed by atoms with Gasteiger partial charge in [-0.1, -0.05) is 0 Å². The van der Waals surface area contributed by atoms with Crippen LogP contribution in [0, 0.1) is 23.3 Å². The molecule has 18 heavy (non-hydrogen) atoms. The predicted molar refractivity (Wildman–Crippen MR) is 53.2 cm³/mol. The molecule has 98 valence electrons. The number of carbonyl (C=O) groups is 1. The Kier molecular flexibility index (Phi) is 4.30. The fourth-order valence-corrected chi connectivity index (χ4v) is 1.12. The second kappa shape index (κ2) is 5.52. The number of carboxylic acids is 1. The Morgan fingerprint density at radius 1 is 1.28 bits per heavy atom. The standard InChI is InChI=1S/C11H8F4O3/c1-5(2-8(16)17)4-18-11-9(14)6(12)3-7(13)10(11)15/h2-3H,4H2,1H3,(H,16,17)/b5-2-. The number of hydrogen-bond donors (Lipinski definition) is 1. The molecule has 1 aromatic rings. The summed E-state index contributed by atoms with van der Waals surface area (Å²) in [6, 6.07) is 0.0530. The van der Waals surface area contributed by atoms with Crippen molar-refractivity contribution in [1.29, 1.82) is 0 Å². The lowest BCUT2D eigenvalue weighted by atomic mass is 10.2. The van der Waals surface area contributed by atoms with Gasteiger partial charge in [-0.25, -0.2) is 13.6 Å². The molecule has 0 atom stereocenters. The molecule has 0 aromatic heterocycles. The highest BCUT2D eigenvalue weighted by Gasteiger charge is 2.20. The smallest absolute Gasteiger partial charge is 0.328 e. The average molecular weight is 264 g/mol. The van der Waals surface area contributed by atoms with Crippen LogP contribution in [0.4, 0.5) is 17.6 Å². The van der Waals surface area contributed by atoms with Crippen molar-refractivity contribution >= 4 is 5.97 Å². The molecular formula is C11H8F4O3. The van der Waals surface area contributed by atoms with E-state index in [1.165, 1.54) is 6.92 Å². The largest absolute Gasteiger partial charge is 0.483 e. The van der Waals surface area contributed by atoms with Crippen molar-refractivity contribution in [3.63, 3.8) is 0 Å². The molecule has 0 amide bonds. The van der Waals surface area contributed by atoms with E-state index in [1.54, 1.807) is 0 Å². The SMILES string of the molecule is C/C(=C/C(=O)O)COc1c(F)c(F)cc(F)c1F. The molecule has 0 unspecified atom stereocenters. The number of rotatable bonds is 4. The minimum absolute atomic E-state index is 0.0530. The molecule has 3 nitrogen and oxygen atoms in total. The summed E-state index contributed by atoms with van der Waals surface area (Å²) >= 11 is 0. The van der Waals surface area contributed by atoms with Crippen LogP contribution in [-0.2, 0) is 4.79 Å². The highest BCUT2D eigenvalue weighted by molar-refractivity contribution is 5.80. The van der Waals surface area contributed by atoms with Gasteiger partial charge in [-0.3, -0.25) is 0 Å². The van der Waals surface area contributed by atoms with Gasteiger partial charge in [0.25, 0.3) is 0 Å². The first-order chi connectivity index (χ1) is 8.32. The van der Waals surface area contributed by atoms with Crippen molar-refractivity contribution in [1.82, 2.24) is 0 Å². The quantitative estimate of drug-likeness (QED) is 0.516. The zero-order valence-electron chi connectivity index (χ0n) is 9.14. The molecule has 1 aromatic carbocycles. The molecule has 1 rings (SSSR count). The van der Waals surface area contributed by atoms with Crippen molar-refractivity contribution in [3.05, 3.63) is 41.0 Å². The van der Waals surface area contributed by atoms with Crippen LogP contribution in [0.25, 0.3) is 0 Å². The van der Waals surface area contributed by atoms with Crippen LogP contribution in [0.1, 0.15) is 6.92 Å². The number of hydrogen-bond acceptors (Lipinski definition) is 2. The van der Waals surface area contributed by atoms with Crippen molar-refractivity contribution < 1.29 is 32.2 Å². The van der Waals surface area contributed by atoms with Crippen LogP contribution in [0.3, 0.4) is 0 Å². The fraction of sp³-hybridized carbons (Fsp3) is 0.182. The van der Waals surface area contributed by atoms with Gasteiger partial charge in [-0.15, -0.1) is 0 Å². The van der Waals surface area contributed by atoms with Crippen molar-refractivity contribution in [2.75, 3.05) is 6.61 Å². The molecule has 0 heterocycles. The molecule has 7 heteroatoms. The predicted octanol–water partition coefficient (Wildman–Crippen LogP) is 2.65. The van der Waals surface area contributed by atoms with Crippen LogP contribution < -0.4 is 4.74 Å². The van der Waals surface area contributed by atoms with Gasteiger partial charge in [0.1, 0.15) is 6.61 Å². The molecule has 0 saturated carbocycles. The van der Waals surface area contributed by atoms with E-state index in [9.17, 15) is 22.4 Å². The normalized spacial score (nSPS) is 11.5. The van der Waals surface area contributed by atoms with Gasteiger partial charge in [0.15, 0.2) is 17.4 Å². The summed E-state index contributed by atoms with van der Waals surface area (Å²) in [4.78, 5) is 10.3. The third-order valence-electron chi connectivity index (χ3n) is 1.89. The van der Waals surface area contributed by atoms with Gasteiger partial charge in [0, 0.05) is 12.1 Å². The summed E-state index contributed by atoms with van der Waals surface area (Å²) in [6.07, 6.45) is 0.742. The summed E-state index contributed by atoms with van der Waals surface area (Å²) < 4.78 is 56.3. The van der Waals surface area contributed by atoms with Crippen molar-refractivity contribution in [3.8, 4) is 5.75 Å². The van der Waals surface area contributed by atoms with Gasteiger partial charge in [-0.05, 0) is 12.5 Å². The maximum absolute atomic E-state index is 13.1. The van der Waals surface area contributed by atoms with Gasteiger partial charge < -0.3 is 9.84 Å². The number of ether oxygens (including phenoxy) is 1. The lowest BCUT2D eigenvalue weighted by molar-refractivity contribution is -0.131. The van der Waals surface area contributed by atoms with E-state index in [2.05, 4.69) is 4.74 Å². The minimum atomic E-state index is -1.67. The Morgan fingerprint density at radius 2 is 1.78 bits per heavy atom. The molecule has 0 bridgehead atoms. The molecule has 0 radical (unpaired) electrons. The fourth-order valence-electron chi connectivity index (χ4n) is 1.12. The monoisotopic (exact) mass is 264 g/mol. The Balaban J connectivity index is 2.95. The van der Waals surface area contributed by atoms with E-state index in [4.69, 9.17) is 5.11 Å². The Bertz CT molecular complexity index is 485. The van der Waals surface area contributed by atoms with Gasteiger partial charge in [0.05, 0.1) is 0 Å². The number of benzene rings is 1. The van der Waals surface area contributed by atoms with Gasteiger partial charge >= 0.3 is 5.97 Å². The summed E-state index contributed by atoms with van der Waals surface area (Å²) in [5, 5.41) is 8.38. The minimum Gasteiger partial charge on any atom is -0.483 e. The number of halogens is 4. The number of aliphatic carboxylic acids is 1. The summed E-state index contributed by atoms with van der Waals surface area (Å²) in [5.41, 5.74) is 0.117. The highest BCUT2D eigenvalue weighted by Crippen LogP contribution is 2.26. The molecule has 0 aliphatic rings. The van der Waals surface area contributed by atoms with Crippen LogP contribution in [0.5, 0.6) is 5.75 Å². The lowest BCUT2D eigenvalue weighted by Gasteiger charge is -2.09. The zero-order valence-corrected chi connectivity index (χ0v) is 9.14. The number of carboxylic acid groups (broad SMARTS) is 1. The third kappa shape index (κ3) is 3.22. The topological polar surface area (TPSA) is 46.5 Å². The van der Waals surface area contributed by atoms with E-state index in [-0.39, 0.29) is 11.6 Å². The molecule has 1 N–H and O–H groups in total. The van der Waals surface area contributed by atoms with E-state index in [1.807, 2.05) is 0 Å². The van der Waals surface area contributed by atoms with Crippen LogP contribution >= 0.6 is 0 Å².